The normalized spacial score (nSPS) is 20.9. The largest absolute Gasteiger partial charge is 0.616 e. The van der Waals surface area contributed by atoms with Gasteiger partial charge in [-0.1, -0.05) is 42.7 Å². The van der Waals surface area contributed by atoms with Gasteiger partial charge in [0.2, 0.25) is 0 Å². The van der Waals surface area contributed by atoms with Gasteiger partial charge in [-0.05, 0) is 56.4 Å². The molecule has 4 atom stereocenters. The Morgan fingerprint density at radius 1 is 0.975 bits per heavy atom. The minimum atomic E-state index is -5.57. The van der Waals surface area contributed by atoms with Gasteiger partial charge in [0.15, 0.2) is 0 Å². The highest BCUT2D eigenvalue weighted by atomic mass is 32.2. The van der Waals surface area contributed by atoms with E-state index in [1.165, 1.54) is 0 Å². The second kappa shape index (κ2) is 13.6. The van der Waals surface area contributed by atoms with E-state index in [0.29, 0.717) is 25.4 Å². The summed E-state index contributed by atoms with van der Waals surface area (Å²) < 4.78 is 86.8. The summed E-state index contributed by atoms with van der Waals surface area (Å²) in [7, 11) is 0. The fourth-order valence-electron chi connectivity index (χ4n) is 5.22. The number of halogens is 5. The van der Waals surface area contributed by atoms with Crippen molar-refractivity contribution in [3.63, 3.8) is 0 Å². The number of hydrogen-bond donors (Lipinski definition) is 2. The van der Waals surface area contributed by atoms with Crippen LogP contribution in [0, 0.1) is 0 Å². The van der Waals surface area contributed by atoms with Crippen LogP contribution in [-0.2, 0) is 21.3 Å². The van der Waals surface area contributed by atoms with Crippen LogP contribution in [0.2, 0.25) is 0 Å². The molecule has 4 unspecified atom stereocenters. The van der Waals surface area contributed by atoms with Crippen LogP contribution in [0.3, 0.4) is 0 Å². The Morgan fingerprint density at radius 2 is 1.60 bits per heavy atom. The lowest BCUT2D eigenvalue weighted by molar-refractivity contribution is -0.284. The van der Waals surface area contributed by atoms with Crippen LogP contribution in [-0.4, -0.2) is 57.7 Å². The molecule has 3 rings (SSSR count). The third kappa shape index (κ3) is 8.16. The molecular formula is C29H37F5O5S. The van der Waals surface area contributed by atoms with Crippen molar-refractivity contribution in [1.82, 2.24) is 0 Å². The average Bonchev–Trinajstić information content (AvgIpc) is 2.87. The molecule has 1 aliphatic rings. The lowest BCUT2D eigenvalue weighted by Crippen LogP contribution is -2.45. The average molecular weight is 593 g/mol. The third-order valence-electron chi connectivity index (χ3n) is 7.47. The minimum absolute atomic E-state index is 0.103. The lowest BCUT2D eigenvalue weighted by Gasteiger charge is -2.45. The molecule has 0 radical (unpaired) electrons. The fraction of sp³-hybridized carbons (Fsp3) is 0.586. The number of benzene rings is 2. The Bertz CT molecular complexity index is 1080. The van der Waals surface area contributed by atoms with E-state index in [4.69, 9.17) is 9.47 Å². The number of phenolic OH excluding ortho intramolecular Hbond substituents is 2. The number of unbranched alkanes of at least 4 members (excludes halogenated alkanes) is 3. The molecule has 2 N–H and O–H groups in total. The molecule has 0 spiro atoms. The quantitative estimate of drug-likeness (QED) is 0.138. The predicted octanol–water partition coefficient (Wildman–Crippen LogP) is 7.22. The number of alkyl halides is 5. The highest BCUT2D eigenvalue weighted by molar-refractivity contribution is 7.91. The van der Waals surface area contributed by atoms with E-state index in [2.05, 4.69) is 6.92 Å². The molecular weight excluding hydrogens is 555 g/mol. The van der Waals surface area contributed by atoms with E-state index in [1.807, 2.05) is 25.1 Å². The first-order valence-corrected chi connectivity index (χ1v) is 14.9. The van der Waals surface area contributed by atoms with Crippen LogP contribution in [0.25, 0.3) is 0 Å². The second-order valence-electron chi connectivity index (χ2n) is 10.6. The van der Waals surface area contributed by atoms with Gasteiger partial charge in [0.25, 0.3) is 0 Å². The summed E-state index contributed by atoms with van der Waals surface area (Å²) in [5.74, 6) is -3.87. The maximum atomic E-state index is 13.0. The van der Waals surface area contributed by atoms with Gasteiger partial charge in [-0.25, -0.2) is 0 Å². The SMILES string of the molecule is CC(OCCCCCC[S+]([O-])CCCC(F)(F)C(F)(F)F)C1c2ccc(O)cc2OCC1(C)c1ccc(O)cc1. The van der Waals surface area contributed by atoms with Gasteiger partial charge in [0.1, 0.15) is 28.8 Å². The Morgan fingerprint density at radius 3 is 2.27 bits per heavy atom. The van der Waals surface area contributed by atoms with E-state index in [9.17, 15) is 36.7 Å². The van der Waals surface area contributed by atoms with Crippen molar-refractivity contribution >= 4 is 11.2 Å². The zero-order valence-corrected chi connectivity index (χ0v) is 23.5. The number of rotatable bonds is 14. The summed E-state index contributed by atoms with van der Waals surface area (Å²) in [6.07, 6.45) is -4.70. The van der Waals surface area contributed by atoms with Crippen molar-refractivity contribution < 1.29 is 46.2 Å². The number of ether oxygens (including phenoxy) is 2. The Kier molecular flexibility index (Phi) is 11.0. The Hall–Kier alpha value is -2.24. The van der Waals surface area contributed by atoms with Gasteiger partial charge in [-0.15, -0.1) is 0 Å². The monoisotopic (exact) mass is 592 g/mol. The third-order valence-corrected chi connectivity index (χ3v) is 8.95. The predicted molar refractivity (Wildman–Crippen MR) is 144 cm³/mol. The molecule has 0 bridgehead atoms. The molecule has 2 aromatic rings. The molecule has 224 valence electrons. The maximum Gasteiger partial charge on any atom is 0.453 e. The molecule has 1 aliphatic heterocycles. The molecule has 0 aromatic heterocycles. The lowest BCUT2D eigenvalue weighted by atomic mass is 9.66. The Labute approximate surface area is 234 Å². The van der Waals surface area contributed by atoms with Crippen LogP contribution in [0.4, 0.5) is 22.0 Å². The first kappa shape index (κ1) is 32.3. The highest BCUT2D eigenvalue weighted by Crippen LogP contribution is 2.49. The zero-order chi connectivity index (χ0) is 29.6. The topological polar surface area (TPSA) is 82.0 Å². The van der Waals surface area contributed by atoms with E-state index in [1.54, 1.807) is 24.3 Å². The van der Waals surface area contributed by atoms with Gasteiger partial charge in [0, 0.05) is 36.0 Å². The molecule has 0 aliphatic carbocycles. The second-order valence-corrected chi connectivity index (χ2v) is 12.3. The van der Waals surface area contributed by atoms with E-state index in [0.717, 1.165) is 30.4 Å². The number of hydrogen-bond acceptors (Lipinski definition) is 5. The smallest absolute Gasteiger partial charge is 0.453 e. The summed E-state index contributed by atoms with van der Waals surface area (Å²) in [6, 6.07) is 12.1. The molecule has 11 heteroatoms. The summed E-state index contributed by atoms with van der Waals surface area (Å²) >= 11 is -1.43. The van der Waals surface area contributed by atoms with Gasteiger partial charge in [-0.3, -0.25) is 0 Å². The number of fused-ring (bicyclic) bond motifs is 1. The molecule has 0 amide bonds. The van der Waals surface area contributed by atoms with Crippen LogP contribution in [0.5, 0.6) is 17.2 Å². The number of phenols is 2. The first-order valence-electron chi connectivity index (χ1n) is 13.4. The Balaban J connectivity index is 1.46. The fourth-order valence-corrected chi connectivity index (χ4v) is 6.42. The number of aromatic hydroxyl groups is 2. The summed E-state index contributed by atoms with van der Waals surface area (Å²) in [6.45, 7) is 4.92. The highest BCUT2D eigenvalue weighted by Gasteiger charge is 2.56. The molecule has 0 fully saturated rings. The van der Waals surface area contributed by atoms with Crippen LogP contribution < -0.4 is 4.74 Å². The van der Waals surface area contributed by atoms with Crippen LogP contribution in [0.1, 0.15) is 69.4 Å². The molecule has 2 aromatic carbocycles. The van der Waals surface area contributed by atoms with E-state index >= 15 is 0 Å². The van der Waals surface area contributed by atoms with Gasteiger partial charge >= 0.3 is 12.1 Å². The van der Waals surface area contributed by atoms with E-state index < -0.39 is 41.5 Å². The summed E-state index contributed by atoms with van der Waals surface area (Å²) in [5.41, 5.74) is 1.44. The van der Waals surface area contributed by atoms with Crippen molar-refractivity contribution in [1.29, 1.82) is 0 Å². The first-order chi connectivity index (χ1) is 18.7. The minimum Gasteiger partial charge on any atom is -0.616 e. The van der Waals surface area contributed by atoms with Crippen molar-refractivity contribution in [3.05, 3.63) is 53.6 Å². The standard InChI is InChI=1S/C29H37F5O5S/c1-20(38-15-5-3-4-6-16-40(37)17-7-14-28(30,31)29(32,33)34)26-24-13-12-23(36)18-25(24)39-19-27(26,2)21-8-10-22(35)11-9-21/h8-13,18,20,26,35-36H,3-7,14-17,19H2,1-2H3. The molecule has 0 saturated carbocycles. The van der Waals surface area contributed by atoms with Crippen molar-refractivity contribution in [2.75, 3.05) is 24.7 Å². The van der Waals surface area contributed by atoms with Crippen molar-refractivity contribution in [3.8, 4) is 17.2 Å². The summed E-state index contributed by atoms with van der Waals surface area (Å²) in [4.78, 5) is 0. The summed E-state index contributed by atoms with van der Waals surface area (Å²) in [5, 5.41) is 19.7. The van der Waals surface area contributed by atoms with Gasteiger partial charge in [0.05, 0.1) is 12.7 Å². The van der Waals surface area contributed by atoms with Gasteiger partial charge < -0.3 is 24.2 Å². The van der Waals surface area contributed by atoms with E-state index in [-0.39, 0.29) is 35.0 Å². The molecule has 0 saturated heterocycles. The molecule has 5 nitrogen and oxygen atoms in total. The zero-order valence-electron chi connectivity index (χ0n) is 22.7. The maximum absolute atomic E-state index is 13.0. The molecule has 40 heavy (non-hydrogen) atoms. The van der Waals surface area contributed by atoms with Gasteiger partial charge in [-0.2, -0.15) is 22.0 Å². The van der Waals surface area contributed by atoms with Crippen molar-refractivity contribution in [2.24, 2.45) is 0 Å². The molecule has 1 heterocycles. The van der Waals surface area contributed by atoms with Crippen LogP contribution in [0.15, 0.2) is 42.5 Å². The van der Waals surface area contributed by atoms with Crippen LogP contribution >= 0.6 is 0 Å². The van der Waals surface area contributed by atoms with Crippen molar-refractivity contribution in [2.45, 2.75) is 81.9 Å².